The van der Waals surface area contributed by atoms with E-state index in [0.29, 0.717) is 6.42 Å². The van der Waals surface area contributed by atoms with Gasteiger partial charge in [0.15, 0.2) is 0 Å². The summed E-state index contributed by atoms with van der Waals surface area (Å²) in [5, 5.41) is 17.4. The van der Waals surface area contributed by atoms with Gasteiger partial charge in [0.25, 0.3) is 0 Å². The number of carboxylic acid groups (broad SMARTS) is 1. The maximum atomic E-state index is 10.2. The van der Waals surface area contributed by atoms with Crippen molar-refractivity contribution in [3.05, 3.63) is 35.9 Å². The molecule has 0 aliphatic rings. The summed E-state index contributed by atoms with van der Waals surface area (Å²) in [5.41, 5.74) is 1.00. The van der Waals surface area contributed by atoms with E-state index in [0.717, 1.165) is 5.56 Å². The van der Waals surface area contributed by atoms with Crippen molar-refractivity contribution < 1.29 is 15.1 Å². The molecule has 0 aliphatic heterocycles. The van der Waals surface area contributed by atoms with Crippen LogP contribution in [0.1, 0.15) is 5.56 Å². The molecule has 1 aromatic rings. The molecular formula is C9H11NO3. The Morgan fingerprint density at radius 1 is 1.31 bits per heavy atom. The highest BCUT2D eigenvalue weighted by Gasteiger charge is 2.06. The Morgan fingerprint density at radius 3 is 2.46 bits per heavy atom. The highest BCUT2D eigenvalue weighted by Crippen LogP contribution is 2.00. The van der Waals surface area contributed by atoms with Gasteiger partial charge in [0.1, 0.15) is 0 Å². The highest BCUT2D eigenvalue weighted by atomic mass is 16.6. The van der Waals surface area contributed by atoms with Gasteiger partial charge in [0.05, 0.1) is 6.54 Å². The zero-order valence-electron chi connectivity index (χ0n) is 7.05. The van der Waals surface area contributed by atoms with E-state index >= 15 is 0 Å². The lowest BCUT2D eigenvalue weighted by Gasteiger charge is -2.09. The second kappa shape index (κ2) is 4.47. The van der Waals surface area contributed by atoms with Crippen LogP contribution >= 0.6 is 0 Å². The fourth-order valence-electron chi connectivity index (χ4n) is 0.975. The van der Waals surface area contributed by atoms with E-state index in [1.54, 1.807) is 0 Å². The van der Waals surface area contributed by atoms with Crippen molar-refractivity contribution in [2.45, 2.75) is 6.42 Å². The Bertz CT molecular complexity index is 273. The molecule has 0 fully saturated rings. The summed E-state index contributed by atoms with van der Waals surface area (Å²) in [7, 11) is 0. The third kappa shape index (κ3) is 3.13. The molecule has 2 N–H and O–H groups in total. The van der Waals surface area contributed by atoms with Crippen LogP contribution in [0, 0.1) is 0 Å². The predicted molar refractivity (Wildman–Crippen MR) is 46.7 cm³/mol. The molecule has 0 bridgehead atoms. The van der Waals surface area contributed by atoms with Gasteiger partial charge in [0, 0.05) is 0 Å². The van der Waals surface area contributed by atoms with Crippen molar-refractivity contribution >= 4 is 6.09 Å². The van der Waals surface area contributed by atoms with E-state index in [-0.39, 0.29) is 11.6 Å². The Hall–Kier alpha value is -1.55. The fraction of sp³-hybridized carbons (Fsp3) is 0.222. The summed E-state index contributed by atoms with van der Waals surface area (Å²) in [6.45, 7) is 0.0966. The minimum atomic E-state index is -1.32. The number of hydrogen-bond donors (Lipinski definition) is 2. The van der Waals surface area contributed by atoms with Crippen LogP contribution in [-0.2, 0) is 6.42 Å². The average molecular weight is 181 g/mol. The van der Waals surface area contributed by atoms with Crippen LogP contribution in [0.3, 0.4) is 0 Å². The minimum absolute atomic E-state index is 0.0966. The van der Waals surface area contributed by atoms with Gasteiger partial charge in [-0.1, -0.05) is 30.3 Å². The number of hydrogen-bond acceptors (Lipinski definition) is 2. The van der Waals surface area contributed by atoms with Crippen molar-refractivity contribution in [3.63, 3.8) is 0 Å². The summed E-state index contributed by atoms with van der Waals surface area (Å²) in [6, 6.07) is 9.40. The smallest absolute Gasteiger partial charge is 0.431 e. The lowest BCUT2D eigenvalue weighted by molar-refractivity contribution is -0.0626. The Morgan fingerprint density at radius 2 is 1.92 bits per heavy atom. The predicted octanol–water partition coefficient (Wildman–Crippen LogP) is 1.60. The fourth-order valence-corrected chi connectivity index (χ4v) is 0.975. The molecule has 0 heterocycles. The number of benzene rings is 1. The van der Waals surface area contributed by atoms with Crippen LogP contribution in [0.15, 0.2) is 30.3 Å². The molecule has 1 rings (SSSR count). The summed E-state index contributed by atoms with van der Waals surface area (Å²) in [5.74, 6) is 0. The van der Waals surface area contributed by atoms with Gasteiger partial charge in [-0.15, -0.1) is 0 Å². The maximum Gasteiger partial charge on any atom is 0.431 e. The van der Waals surface area contributed by atoms with Crippen molar-refractivity contribution in [2.24, 2.45) is 0 Å². The second-order valence-electron chi connectivity index (χ2n) is 2.64. The van der Waals surface area contributed by atoms with Gasteiger partial charge in [-0.2, -0.15) is 5.06 Å². The van der Waals surface area contributed by atoms with E-state index in [1.165, 1.54) is 0 Å². The summed E-state index contributed by atoms with van der Waals surface area (Å²) < 4.78 is 0. The second-order valence-corrected chi connectivity index (χ2v) is 2.64. The van der Waals surface area contributed by atoms with Gasteiger partial charge >= 0.3 is 6.09 Å². The SMILES string of the molecule is O=C(O)N(O)CCc1ccccc1. The molecular weight excluding hydrogens is 170 g/mol. The van der Waals surface area contributed by atoms with Crippen molar-refractivity contribution in [1.82, 2.24) is 5.06 Å². The van der Waals surface area contributed by atoms with Gasteiger partial charge < -0.3 is 5.11 Å². The average Bonchev–Trinajstić information content (AvgIpc) is 2.15. The van der Waals surface area contributed by atoms with Crippen LogP contribution in [0.25, 0.3) is 0 Å². The van der Waals surface area contributed by atoms with Gasteiger partial charge in [-0.25, -0.2) is 4.79 Å². The molecule has 0 aromatic heterocycles. The third-order valence-electron chi connectivity index (χ3n) is 1.68. The molecule has 4 nitrogen and oxygen atoms in total. The number of amides is 1. The van der Waals surface area contributed by atoms with Crippen molar-refractivity contribution in [3.8, 4) is 0 Å². The van der Waals surface area contributed by atoms with E-state index < -0.39 is 6.09 Å². The molecule has 1 aromatic carbocycles. The van der Waals surface area contributed by atoms with E-state index in [4.69, 9.17) is 10.3 Å². The molecule has 0 atom stereocenters. The number of carbonyl (C=O) groups is 1. The molecule has 1 amide bonds. The summed E-state index contributed by atoms with van der Waals surface area (Å²) in [6.07, 6.45) is -0.806. The lowest BCUT2D eigenvalue weighted by atomic mass is 10.1. The largest absolute Gasteiger partial charge is 0.463 e. The Balaban J connectivity index is 2.39. The van der Waals surface area contributed by atoms with Crippen LogP contribution in [0.2, 0.25) is 0 Å². The first-order valence-electron chi connectivity index (χ1n) is 3.93. The van der Waals surface area contributed by atoms with Crippen LogP contribution < -0.4 is 0 Å². The minimum Gasteiger partial charge on any atom is -0.463 e. The number of hydroxylamine groups is 2. The number of rotatable bonds is 3. The zero-order valence-corrected chi connectivity index (χ0v) is 7.05. The Labute approximate surface area is 76.0 Å². The first-order chi connectivity index (χ1) is 6.20. The molecule has 0 spiro atoms. The van der Waals surface area contributed by atoms with Crippen LogP contribution in [-0.4, -0.2) is 28.0 Å². The van der Waals surface area contributed by atoms with Crippen LogP contribution in [0.4, 0.5) is 4.79 Å². The van der Waals surface area contributed by atoms with Crippen LogP contribution in [0.5, 0.6) is 0 Å². The first-order valence-corrected chi connectivity index (χ1v) is 3.93. The summed E-state index contributed by atoms with van der Waals surface area (Å²) in [4.78, 5) is 10.2. The quantitative estimate of drug-likeness (QED) is 0.550. The molecule has 0 saturated carbocycles. The number of nitrogens with zero attached hydrogens (tertiary/aromatic N) is 1. The summed E-state index contributed by atoms with van der Waals surface area (Å²) >= 11 is 0. The molecule has 4 heteroatoms. The highest BCUT2D eigenvalue weighted by molar-refractivity contribution is 5.63. The topological polar surface area (TPSA) is 60.8 Å². The molecule has 70 valence electrons. The molecule has 0 aliphatic carbocycles. The monoisotopic (exact) mass is 181 g/mol. The Kier molecular flexibility index (Phi) is 3.28. The van der Waals surface area contributed by atoms with Crippen molar-refractivity contribution in [1.29, 1.82) is 0 Å². The molecule has 13 heavy (non-hydrogen) atoms. The van der Waals surface area contributed by atoms with Crippen molar-refractivity contribution in [2.75, 3.05) is 6.54 Å². The normalized spacial score (nSPS) is 9.62. The third-order valence-corrected chi connectivity index (χ3v) is 1.68. The molecule has 0 saturated heterocycles. The lowest BCUT2D eigenvalue weighted by Crippen LogP contribution is -2.27. The zero-order chi connectivity index (χ0) is 9.68. The van der Waals surface area contributed by atoms with E-state index in [9.17, 15) is 4.79 Å². The van der Waals surface area contributed by atoms with Gasteiger partial charge in [-0.05, 0) is 12.0 Å². The maximum absolute atomic E-state index is 10.2. The van der Waals surface area contributed by atoms with E-state index in [1.807, 2.05) is 30.3 Å². The van der Waals surface area contributed by atoms with Gasteiger partial charge in [0.2, 0.25) is 0 Å². The van der Waals surface area contributed by atoms with E-state index in [2.05, 4.69) is 0 Å². The molecule has 0 unspecified atom stereocenters. The molecule has 0 radical (unpaired) electrons. The first kappa shape index (κ1) is 9.54. The standard InChI is InChI=1S/C9H11NO3/c11-9(12)10(13)7-6-8-4-2-1-3-5-8/h1-5,13H,6-7H2,(H,11,12). The van der Waals surface area contributed by atoms with Gasteiger partial charge in [-0.3, -0.25) is 5.21 Å².